The van der Waals surface area contributed by atoms with Crippen molar-refractivity contribution in [3.63, 3.8) is 0 Å². The van der Waals surface area contributed by atoms with E-state index in [2.05, 4.69) is 30.3 Å². The minimum atomic E-state index is -0.264. The fourth-order valence-electron chi connectivity index (χ4n) is 3.59. The van der Waals surface area contributed by atoms with Crippen molar-refractivity contribution in [2.24, 2.45) is 5.10 Å². The summed E-state index contributed by atoms with van der Waals surface area (Å²) in [5.41, 5.74) is 3.73. The van der Waals surface area contributed by atoms with Gasteiger partial charge in [-0.3, -0.25) is 0 Å². The third-order valence-electron chi connectivity index (χ3n) is 5.14. The van der Waals surface area contributed by atoms with Gasteiger partial charge in [-0.1, -0.05) is 12.1 Å². The van der Waals surface area contributed by atoms with E-state index in [1.54, 1.807) is 18.3 Å². The van der Waals surface area contributed by atoms with Crippen LogP contribution in [-0.4, -0.2) is 47.3 Å². The molecule has 0 aliphatic carbocycles. The number of nitrogens with one attached hydrogen (secondary N) is 1. The molecule has 0 bridgehead atoms. The molecule has 0 amide bonds. The van der Waals surface area contributed by atoms with E-state index in [1.165, 1.54) is 25.0 Å². The smallest absolute Gasteiger partial charge is 0.250 e. The fraction of sp³-hybridized carbons (Fsp3) is 0.500. The maximum Gasteiger partial charge on any atom is 0.250 e. The molecule has 2 saturated heterocycles. The van der Waals surface area contributed by atoms with Crippen LogP contribution in [-0.2, 0) is 0 Å². The standard InChI is InChI=1S/C20H26FN7/c21-17-9-7-16(8-10-17)15-22-26-18-23-19(27-11-3-1-4-12-27)25-20(24-18)28-13-5-2-6-14-28/h7-10,15H,1-6,11-14H2,(H,23,24,25,26)/b22-15-. The highest BCUT2D eigenvalue weighted by atomic mass is 19.1. The maximum absolute atomic E-state index is 13.0. The number of benzene rings is 1. The van der Waals surface area contributed by atoms with Crippen molar-refractivity contribution in [1.82, 2.24) is 15.0 Å². The Morgan fingerprint density at radius 2 is 1.32 bits per heavy atom. The predicted octanol–water partition coefficient (Wildman–Crippen LogP) is 3.44. The molecule has 1 aromatic carbocycles. The number of rotatable bonds is 5. The molecule has 0 saturated carbocycles. The molecule has 1 aromatic heterocycles. The minimum absolute atomic E-state index is 0.264. The zero-order valence-corrected chi connectivity index (χ0v) is 16.0. The molecule has 2 aliphatic heterocycles. The van der Waals surface area contributed by atoms with Gasteiger partial charge in [0.1, 0.15) is 5.82 Å². The molecule has 7 nitrogen and oxygen atoms in total. The molecule has 148 valence electrons. The fourth-order valence-corrected chi connectivity index (χ4v) is 3.59. The first-order chi connectivity index (χ1) is 13.8. The molecule has 0 radical (unpaired) electrons. The van der Waals surface area contributed by atoms with Gasteiger partial charge in [0.15, 0.2) is 0 Å². The first-order valence-corrected chi connectivity index (χ1v) is 10.1. The molecular formula is C20H26FN7. The van der Waals surface area contributed by atoms with Crippen LogP contribution in [0.5, 0.6) is 0 Å². The largest absolute Gasteiger partial charge is 0.341 e. The third kappa shape index (κ3) is 4.74. The summed E-state index contributed by atoms with van der Waals surface area (Å²) in [7, 11) is 0. The second-order valence-corrected chi connectivity index (χ2v) is 7.28. The van der Waals surface area contributed by atoms with E-state index in [0.717, 1.165) is 69.3 Å². The average molecular weight is 383 g/mol. The lowest BCUT2D eigenvalue weighted by Gasteiger charge is -2.30. The number of halogens is 1. The number of piperidine rings is 2. The van der Waals surface area contributed by atoms with Crippen LogP contribution in [0.3, 0.4) is 0 Å². The molecule has 2 fully saturated rings. The highest BCUT2D eigenvalue weighted by Gasteiger charge is 2.20. The number of hydrogen-bond acceptors (Lipinski definition) is 7. The highest BCUT2D eigenvalue weighted by Crippen LogP contribution is 2.22. The van der Waals surface area contributed by atoms with Crippen molar-refractivity contribution in [3.05, 3.63) is 35.6 Å². The summed E-state index contributed by atoms with van der Waals surface area (Å²) in [6.07, 6.45) is 8.80. The average Bonchev–Trinajstić information content (AvgIpc) is 2.76. The summed E-state index contributed by atoms with van der Waals surface area (Å²) in [6, 6.07) is 6.17. The molecule has 1 N–H and O–H groups in total. The summed E-state index contributed by atoms with van der Waals surface area (Å²) in [5, 5.41) is 4.23. The Kier molecular flexibility index (Phi) is 5.94. The van der Waals surface area contributed by atoms with Gasteiger partial charge < -0.3 is 9.80 Å². The quantitative estimate of drug-likeness (QED) is 0.630. The number of nitrogens with zero attached hydrogens (tertiary/aromatic N) is 6. The Morgan fingerprint density at radius 3 is 1.86 bits per heavy atom. The summed E-state index contributed by atoms with van der Waals surface area (Å²) in [4.78, 5) is 18.4. The zero-order chi connectivity index (χ0) is 19.2. The van der Waals surface area contributed by atoms with Crippen molar-refractivity contribution in [3.8, 4) is 0 Å². The molecule has 0 atom stereocenters. The topological polar surface area (TPSA) is 69.5 Å². The Bertz CT molecular complexity index is 760. The summed E-state index contributed by atoms with van der Waals surface area (Å²) >= 11 is 0. The van der Waals surface area contributed by atoms with Crippen LogP contribution in [0.15, 0.2) is 29.4 Å². The second-order valence-electron chi connectivity index (χ2n) is 7.28. The van der Waals surface area contributed by atoms with Crippen molar-refractivity contribution < 1.29 is 4.39 Å². The Hall–Kier alpha value is -2.77. The molecule has 0 unspecified atom stereocenters. The van der Waals surface area contributed by atoms with Gasteiger partial charge in [-0.05, 0) is 56.2 Å². The van der Waals surface area contributed by atoms with Gasteiger partial charge in [0.05, 0.1) is 6.21 Å². The molecule has 28 heavy (non-hydrogen) atoms. The Labute approximate surface area is 164 Å². The van der Waals surface area contributed by atoms with Crippen LogP contribution in [0, 0.1) is 5.82 Å². The van der Waals surface area contributed by atoms with E-state index in [4.69, 9.17) is 4.98 Å². The second kappa shape index (κ2) is 8.95. The van der Waals surface area contributed by atoms with E-state index in [0.29, 0.717) is 5.95 Å². The molecular weight excluding hydrogens is 357 g/mol. The number of anilines is 3. The van der Waals surface area contributed by atoms with E-state index >= 15 is 0 Å². The van der Waals surface area contributed by atoms with E-state index in [-0.39, 0.29) is 5.82 Å². The van der Waals surface area contributed by atoms with Crippen molar-refractivity contribution in [1.29, 1.82) is 0 Å². The molecule has 4 rings (SSSR count). The van der Waals surface area contributed by atoms with Gasteiger partial charge in [-0.2, -0.15) is 20.1 Å². The summed E-state index contributed by atoms with van der Waals surface area (Å²) in [6.45, 7) is 3.90. The van der Waals surface area contributed by atoms with Crippen LogP contribution in [0.2, 0.25) is 0 Å². The van der Waals surface area contributed by atoms with Crippen LogP contribution in [0.25, 0.3) is 0 Å². The van der Waals surface area contributed by atoms with Crippen LogP contribution in [0.1, 0.15) is 44.1 Å². The first-order valence-electron chi connectivity index (χ1n) is 10.1. The molecule has 8 heteroatoms. The highest BCUT2D eigenvalue weighted by molar-refractivity contribution is 5.79. The van der Waals surface area contributed by atoms with Crippen LogP contribution in [0.4, 0.5) is 22.2 Å². The van der Waals surface area contributed by atoms with E-state index in [9.17, 15) is 4.39 Å². The third-order valence-corrected chi connectivity index (χ3v) is 5.14. The monoisotopic (exact) mass is 383 g/mol. The SMILES string of the molecule is Fc1ccc(/C=N\Nc2nc(N3CCCCC3)nc(N3CCCCC3)n2)cc1. The van der Waals surface area contributed by atoms with Crippen molar-refractivity contribution in [2.45, 2.75) is 38.5 Å². The van der Waals surface area contributed by atoms with Crippen molar-refractivity contribution >= 4 is 24.1 Å². The van der Waals surface area contributed by atoms with Gasteiger partial charge in [0.2, 0.25) is 17.8 Å². The summed E-state index contributed by atoms with van der Waals surface area (Å²) in [5.74, 6) is 1.61. The van der Waals surface area contributed by atoms with Crippen molar-refractivity contribution in [2.75, 3.05) is 41.4 Å². The van der Waals surface area contributed by atoms with Gasteiger partial charge in [0, 0.05) is 26.2 Å². The van der Waals surface area contributed by atoms with Gasteiger partial charge >= 0.3 is 0 Å². The van der Waals surface area contributed by atoms with Gasteiger partial charge in [0.25, 0.3) is 0 Å². The lowest BCUT2D eigenvalue weighted by Crippen LogP contribution is -2.34. The number of hydrogen-bond donors (Lipinski definition) is 1. The molecule has 0 spiro atoms. The van der Waals surface area contributed by atoms with Gasteiger partial charge in [-0.15, -0.1) is 0 Å². The lowest BCUT2D eigenvalue weighted by atomic mass is 10.1. The number of hydrazone groups is 1. The lowest BCUT2D eigenvalue weighted by molar-refractivity contribution is 0.556. The molecule has 3 heterocycles. The number of aromatic nitrogens is 3. The van der Waals surface area contributed by atoms with Crippen LogP contribution >= 0.6 is 0 Å². The molecule has 2 aliphatic rings. The normalized spacial score (nSPS) is 17.9. The van der Waals surface area contributed by atoms with E-state index in [1.807, 2.05) is 0 Å². The first kappa shape index (κ1) is 18.6. The zero-order valence-electron chi connectivity index (χ0n) is 16.0. The summed E-state index contributed by atoms with van der Waals surface area (Å²) < 4.78 is 13.0. The Balaban J connectivity index is 1.54. The predicted molar refractivity (Wildman–Crippen MR) is 110 cm³/mol. The van der Waals surface area contributed by atoms with E-state index < -0.39 is 0 Å². The minimum Gasteiger partial charge on any atom is -0.341 e. The maximum atomic E-state index is 13.0. The molecule has 2 aromatic rings. The Morgan fingerprint density at radius 1 is 0.786 bits per heavy atom. The van der Waals surface area contributed by atoms with Crippen LogP contribution < -0.4 is 15.2 Å². The van der Waals surface area contributed by atoms with Gasteiger partial charge in [-0.25, -0.2) is 9.82 Å².